The van der Waals surface area contributed by atoms with Gasteiger partial charge in [-0.2, -0.15) is 5.10 Å². The fourth-order valence-corrected chi connectivity index (χ4v) is 3.09. The van der Waals surface area contributed by atoms with Crippen LogP contribution in [0.15, 0.2) is 91.5 Å². The van der Waals surface area contributed by atoms with Crippen molar-refractivity contribution >= 4 is 5.91 Å². The predicted molar refractivity (Wildman–Crippen MR) is 114 cm³/mol. The second-order valence-corrected chi connectivity index (χ2v) is 6.84. The first-order chi connectivity index (χ1) is 14.8. The Morgan fingerprint density at radius 1 is 0.900 bits per heavy atom. The van der Waals surface area contributed by atoms with E-state index in [9.17, 15) is 4.79 Å². The summed E-state index contributed by atoms with van der Waals surface area (Å²) in [5, 5.41) is 7.13. The van der Waals surface area contributed by atoms with Crippen molar-refractivity contribution in [1.29, 1.82) is 0 Å². The van der Waals surface area contributed by atoms with Crippen molar-refractivity contribution in [3.8, 4) is 5.75 Å². The van der Waals surface area contributed by atoms with Crippen molar-refractivity contribution in [2.24, 2.45) is 0 Å². The van der Waals surface area contributed by atoms with Gasteiger partial charge in [0.15, 0.2) is 0 Å². The smallest absolute Gasteiger partial charge is 0.251 e. The Labute approximate surface area is 175 Å². The summed E-state index contributed by atoms with van der Waals surface area (Å²) in [6.45, 7) is 1.55. The molecule has 0 spiro atoms. The van der Waals surface area contributed by atoms with Crippen LogP contribution in [0.4, 0.5) is 0 Å². The Balaban J connectivity index is 1.33. The highest BCUT2D eigenvalue weighted by Crippen LogP contribution is 2.15. The van der Waals surface area contributed by atoms with Gasteiger partial charge in [-0.25, -0.2) is 9.67 Å². The fraction of sp³-hybridized carbons (Fsp3) is 0.125. The summed E-state index contributed by atoms with van der Waals surface area (Å²) >= 11 is 0. The number of aromatic nitrogens is 3. The quantitative estimate of drug-likeness (QED) is 0.490. The van der Waals surface area contributed by atoms with E-state index in [4.69, 9.17) is 4.74 Å². The second-order valence-electron chi connectivity index (χ2n) is 6.84. The number of carbonyl (C=O) groups is 1. The number of nitrogens with one attached hydrogen (secondary N) is 1. The van der Waals surface area contributed by atoms with Gasteiger partial charge < -0.3 is 10.1 Å². The van der Waals surface area contributed by atoms with Crippen LogP contribution >= 0.6 is 0 Å². The maximum atomic E-state index is 12.6. The minimum atomic E-state index is -0.125. The molecule has 4 aromatic rings. The first-order valence-corrected chi connectivity index (χ1v) is 9.72. The second kappa shape index (κ2) is 9.52. The highest BCUT2D eigenvalue weighted by Gasteiger charge is 2.08. The molecule has 150 valence electrons. The van der Waals surface area contributed by atoms with Gasteiger partial charge in [0.05, 0.1) is 6.54 Å². The summed E-state index contributed by atoms with van der Waals surface area (Å²) in [6, 6.07) is 25.1. The van der Waals surface area contributed by atoms with E-state index in [2.05, 4.69) is 15.4 Å². The van der Waals surface area contributed by atoms with Gasteiger partial charge in [-0.1, -0.05) is 54.6 Å². The molecule has 0 aliphatic rings. The van der Waals surface area contributed by atoms with Gasteiger partial charge in [-0.3, -0.25) is 4.79 Å². The Morgan fingerprint density at radius 3 is 2.37 bits per heavy atom. The zero-order valence-electron chi connectivity index (χ0n) is 16.4. The van der Waals surface area contributed by atoms with Gasteiger partial charge in [-0.05, 0) is 41.0 Å². The minimum absolute atomic E-state index is 0.125. The molecule has 1 amide bonds. The maximum absolute atomic E-state index is 12.6. The Bertz CT molecular complexity index is 1080. The number of benzene rings is 3. The van der Waals surface area contributed by atoms with Crippen molar-refractivity contribution in [2.45, 2.75) is 19.7 Å². The van der Waals surface area contributed by atoms with Crippen molar-refractivity contribution in [2.75, 3.05) is 0 Å². The summed E-state index contributed by atoms with van der Waals surface area (Å²) in [4.78, 5) is 16.5. The Kier molecular flexibility index (Phi) is 6.15. The third-order valence-corrected chi connectivity index (χ3v) is 4.72. The van der Waals surface area contributed by atoms with E-state index in [1.807, 2.05) is 66.7 Å². The molecule has 0 bridgehead atoms. The minimum Gasteiger partial charge on any atom is -0.489 e. The number of hydrogen-bond donors (Lipinski definition) is 1. The highest BCUT2D eigenvalue weighted by atomic mass is 16.5. The van der Waals surface area contributed by atoms with E-state index in [1.54, 1.807) is 23.1 Å². The maximum Gasteiger partial charge on any atom is 0.251 e. The predicted octanol–water partition coefficient (Wildman–Crippen LogP) is 3.84. The zero-order valence-corrected chi connectivity index (χ0v) is 16.4. The molecule has 1 N–H and O–H groups in total. The van der Waals surface area contributed by atoms with Crippen molar-refractivity contribution in [1.82, 2.24) is 20.1 Å². The molecule has 6 heteroatoms. The number of ether oxygens (including phenoxy) is 1. The van der Waals surface area contributed by atoms with E-state index in [1.165, 1.54) is 6.33 Å². The molecule has 0 aliphatic heterocycles. The number of rotatable bonds is 8. The summed E-state index contributed by atoms with van der Waals surface area (Å²) in [5.74, 6) is 0.605. The standard InChI is InChI=1S/C24H22N4O2/c29-24(20-10-12-23(13-11-20)30-16-19-6-2-1-3-7-19)26-14-21-8-4-5-9-22(21)15-28-18-25-17-27-28/h1-13,17-18H,14-16H2,(H,26,29). The lowest BCUT2D eigenvalue weighted by Gasteiger charge is -2.11. The van der Waals surface area contributed by atoms with Gasteiger partial charge in [0.2, 0.25) is 0 Å². The van der Waals surface area contributed by atoms with Crippen LogP contribution < -0.4 is 10.1 Å². The lowest BCUT2D eigenvalue weighted by molar-refractivity contribution is 0.0951. The molecule has 0 unspecified atom stereocenters. The molecular formula is C24H22N4O2. The molecule has 0 saturated carbocycles. The third kappa shape index (κ3) is 5.11. The molecule has 0 saturated heterocycles. The van der Waals surface area contributed by atoms with Crippen LogP contribution in [0.5, 0.6) is 5.75 Å². The SMILES string of the molecule is O=C(NCc1ccccc1Cn1cncn1)c1ccc(OCc2ccccc2)cc1. The number of nitrogens with zero attached hydrogens (tertiary/aromatic N) is 3. The van der Waals surface area contributed by atoms with Crippen molar-refractivity contribution in [3.05, 3.63) is 114 Å². The summed E-state index contributed by atoms with van der Waals surface area (Å²) in [5.41, 5.74) is 3.83. The largest absolute Gasteiger partial charge is 0.489 e. The fourth-order valence-electron chi connectivity index (χ4n) is 3.09. The molecule has 4 rings (SSSR count). The van der Waals surface area contributed by atoms with Crippen LogP contribution in [0.25, 0.3) is 0 Å². The summed E-state index contributed by atoms with van der Waals surface area (Å²) in [6.07, 6.45) is 3.19. The van der Waals surface area contributed by atoms with Crippen LogP contribution in [0.3, 0.4) is 0 Å². The van der Waals surface area contributed by atoms with Crippen LogP contribution in [-0.2, 0) is 19.7 Å². The molecule has 0 radical (unpaired) electrons. The molecule has 1 aromatic heterocycles. The van der Waals surface area contributed by atoms with Crippen LogP contribution in [0.1, 0.15) is 27.0 Å². The molecule has 6 nitrogen and oxygen atoms in total. The summed E-state index contributed by atoms with van der Waals surface area (Å²) < 4.78 is 7.54. The van der Waals surface area contributed by atoms with Gasteiger partial charge in [0, 0.05) is 12.1 Å². The molecular weight excluding hydrogens is 376 g/mol. The van der Waals surface area contributed by atoms with E-state index >= 15 is 0 Å². The molecule has 0 aliphatic carbocycles. The van der Waals surface area contributed by atoms with Crippen LogP contribution in [0, 0.1) is 0 Å². The van der Waals surface area contributed by atoms with Gasteiger partial charge in [0.25, 0.3) is 5.91 Å². The Hall–Kier alpha value is -3.93. The van der Waals surface area contributed by atoms with Crippen LogP contribution in [0.2, 0.25) is 0 Å². The highest BCUT2D eigenvalue weighted by molar-refractivity contribution is 5.94. The third-order valence-electron chi connectivity index (χ3n) is 4.72. The molecule has 3 aromatic carbocycles. The first-order valence-electron chi connectivity index (χ1n) is 9.72. The van der Waals surface area contributed by atoms with Crippen LogP contribution in [-0.4, -0.2) is 20.7 Å². The molecule has 1 heterocycles. The van der Waals surface area contributed by atoms with E-state index in [0.717, 1.165) is 22.4 Å². The zero-order chi connectivity index (χ0) is 20.6. The monoisotopic (exact) mass is 398 g/mol. The van der Waals surface area contributed by atoms with Gasteiger partial charge in [-0.15, -0.1) is 0 Å². The Morgan fingerprint density at radius 2 is 1.63 bits per heavy atom. The topological polar surface area (TPSA) is 69.0 Å². The molecule has 0 atom stereocenters. The average Bonchev–Trinajstić information content (AvgIpc) is 3.31. The molecule has 30 heavy (non-hydrogen) atoms. The van der Waals surface area contributed by atoms with Crippen molar-refractivity contribution in [3.63, 3.8) is 0 Å². The number of carbonyl (C=O) groups excluding carboxylic acids is 1. The van der Waals surface area contributed by atoms with E-state index in [-0.39, 0.29) is 5.91 Å². The number of hydrogen-bond acceptors (Lipinski definition) is 4. The molecule has 0 fully saturated rings. The van der Waals surface area contributed by atoms with Crippen molar-refractivity contribution < 1.29 is 9.53 Å². The average molecular weight is 398 g/mol. The van der Waals surface area contributed by atoms with E-state index in [0.29, 0.717) is 25.3 Å². The summed E-state index contributed by atoms with van der Waals surface area (Å²) in [7, 11) is 0. The first kappa shape index (κ1) is 19.4. The number of amides is 1. The lowest BCUT2D eigenvalue weighted by Crippen LogP contribution is -2.23. The van der Waals surface area contributed by atoms with Gasteiger partial charge >= 0.3 is 0 Å². The normalized spacial score (nSPS) is 10.5. The van der Waals surface area contributed by atoms with Gasteiger partial charge in [0.1, 0.15) is 25.0 Å². The van der Waals surface area contributed by atoms with E-state index < -0.39 is 0 Å². The lowest BCUT2D eigenvalue weighted by atomic mass is 10.1.